The van der Waals surface area contributed by atoms with Crippen LogP contribution in [0.1, 0.15) is 22.7 Å². The van der Waals surface area contributed by atoms with E-state index < -0.39 is 0 Å². The van der Waals surface area contributed by atoms with Crippen LogP contribution in [0, 0.1) is 5.82 Å². The maximum atomic E-state index is 13.4. The molecule has 0 spiro atoms. The summed E-state index contributed by atoms with van der Waals surface area (Å²) in [5.41, 5.74) is 3.66. The third-order valence-corrected chi connectivity index (χ3v) is 4.65. The van der Waals surface area contributed by atoms with Crippen LogP contribution in [0.2, 0.25) is 0 Å². The second-order valence-electron chi connectivity index (χ2n) is 6.38. The van der Waals surface area contributed by atoms with Crippen LogP contribution >= 0.6 is 0 Å². The summed E-state index contributed by atoms with van der Waals surface area (Å²) in [7, 11) is 1.77. The number of hydrogen-bond donors (Lipinski definition) is 0. The molecule has 1 amide bonds. The number of fused-ring (bicyclic) bond motifs is 1. The maximum Gasteiger partial charge on any atom is 0.230 e. The van der Waals surface area contributed by atoms with Crippen molar-refractivity contribution in [3.63, 3.8) is 0 Å². The lowest BCUT2D eigenvalue weighted by Gasteiger charge is -2.32. The van der Waals surface area contributed by atoms with Crippen molar-refractivity contribution in [3.05, 3.63) is 83.4 Å². The number of likely N-dealkylation sites (N-methyl/N-ethyl adjacent to an activating group) is 1. The lowest BCUT2D eigenvalue weighted by molar-refractivity contribution is -0.132. The van der Waals surface area contributed by atoms with Crippen molar-refractivity contribution in [1.82, 2.24) is 14.7 Å². The molecule has 126 valence electrons. The molecule has 0 N–H and O–H groups in total. The Balaban J connectivity index is 1.45. The van der Waals surface area contributed by atoms with E-state index in [-0.39, 0.29) is 17.6 Å². The first-order valence-electron chi connectivity index (χ1n) is 8.25. The molecule has 4 rings (SSSR count). The van der Waals surface area contributed by atoms with E-state index in [1.165, 1.54) is 12.1 Å². The van der Waals surface area contributed by atoms with Crippen molar-refractivity contribution in [2.75, 3.05) is 7.05 Å². The van der Waals surface area contributed by atoms with Gasteiger partial charge in [-0.1, -0.05) is 24.3 Å². The number of nitrogens with zero attached hydrogens (tertiary/aromatic N) is 3. The van der Waals surface area contributed by atoms with Gasteiger partial charge in [0.05, 0.1) is 23.8 Å². The van der Waals surface area contributed by atoms with Gasteiger partial charge in [0.15, 0.2) is 0 Å². The second kappa shape index (κ2) is 6.16. The highest BCUT2D eigenvalue weighted by Crippen LogP contribution is 2.36. The van der Waals surface area contributed by atoms with Crippen LogP contribution in [0.15, 0.2) is 60.8 Å². The van der Waals surface area contributed by atoms with Gasteiger partial charge in [0.1, 0.15) is 5.82 Å². The van der Waals surface area contributed by atoms with Crippen molar-refractivity contribution in [3.8, 4) is 5.69 Å². The average molecular weight is 335 g/mol. The van der Waals surface area contributed by atoms with Crippen molar-refractivity contribution < 1.29 is 9.18 Å². The van der Waals surface area contributed by atoms with Crippen LogP contribution in [0.25, 0.3) is 5.69 Å². The summed E-state index contributed by atoms with van der Waals surface area (Å²) in [5, 5.41) is 4.53. The second-order valence-corrected chi connectivity index (χ2v) is 6.38. The van der Waals surface area contributed by atoms with Gasteiger partial charge in [-0.05, 0) is 47.9 Å². The largest absolute Gasteiger partial charge is 0.339 e. The fourth-order valence-electron chi connectivity index (χ4n) is 3.25. The third kappa shape index (κ3) is 2.93. The quantitative estimate of drug-likeness (QED) is 0.734. The van der Waals surface area contributed by atoms with E-state index in [1.807, 2.05) is 42.6 Å². The first-order chi connectivity index (χ1) is 12.1. The zero-order chi connectivity index (χ0) is 17.4. The van der Waals surface area contributed by atoms with E-state index in [4.69, 9.17) is 0 Å². The number of benzene rings is 2. The monoisotopic (exact) mass is 335 g/mol. The Hall–Kier alpha value is -2.95. The summed E-state index contributed by atoms with van der Waals surface area (Å²) in [6.07, 6.45) is 2.56. The molecular formula is C20H18FN3O. The molecule has 5 heteroatoms. The summed E-state index contributed by atoms with van der Waals surface area (Å²) in [4.78, 5) is 14.3. The van der Waals surface area contributed by atoms with Gasteiger partial charge >= 0.3 is 0 Å². The highest BCUT2D eigenvalue weighted by atomic mass is 19.1. The van der Waals surface area contributed by atoms with Crippen LogP contribution < -0.4 is 0 Å². The van der Waals surface area contributed by atoms with E-state index in [0.29, 0.717) is 13.0 Å². The minimum Gasteiger partial charge on any atom is -0.339 e. The first kappa shape index (κ1) is 15.6. The van der Waals surface area contributed by atoms with Gasteiger partial charge in [0.25, 0.3) is 0 Å². The molecule has 0 aliphatic heterocycles. The molecule has 0 radical (unpaired) electrons. The van der Waals surface area contributed by atoms with Crippen molar-refractivity contribution in [1.29, 1.82) is 0 Å². The Bertz CT molecular complexity index is 920. The number of rotatable bonds is 4. The van der Waals surface area contributed by atoms with Gasteiger partial charge in [-0.3, -0.25) is 4.79 Å². The molecule has 25 heavy (non-hydrogen) atoms. The highest BCUT2D eigenvalue weighted by molar-refractivity contribution is 5.86. The molecule has 1 unspecified atom stereocenters. The Morgan fingerprint density at radius 1 is 1.24 bits per heavy atom. The van der Waals surface area contributed by atoms with E-state index in [2.05, 4.69) is 5.10 Å². The molecule has 1 atom stereocenters. The van der Waals surface area contributed by atoms with Crippen LogP contribution in [0.5, 0.6) is 0 Å². The minimum absolute atomic E-state index is 0.00682. The molecule has 4 nitrogen and oxygen atoms in total. The van der Waals surface area contributed by atoms with Gasteiger partial charge in [0.2, 0.25) is 5.91 Å². The fraction of sp³-hybridized carbons (Fsp3) is 0.200. The highest BCUT2D eigenvalue weighted by Gasteiger charge is 2.34. The summed E-state index contributed by atoms with van der Waals surface area (Å²) in [5.74, 6) is -0.528. The van der Waals surface area contributed by atoms with Crippen molar-refractivity contribution in [2.45, 2.75) is 18.9 Å². The Morgan fingerprint density at radius 2 is 2.04 bits per heavy atom. The van der Waals surface area contributed by atoms with Crippen molar-refractivity contribution in [2.24, 2.45) is 0 Å². The molecule has 0 fully saturated rings. The Morgan fingerprint density at radius 3 is 2.84 bits per heavy atom. The minimum atomic E-state index is -0.291. The molecule has 3 aromatic rings. The molecule has 1 aliphatic carbocycles. The number of carbonyl (C=O) groups is 1. The van der Waals surface area contributed by atoms with Crippen LogP contribution in [0.3, 0.4) is 0 Å². The number of aromatic nitrogens is 2. The van der Waals surface area contributed by atoms with Gasteiger partial charge in [-0.2, -0.15) is 5.10 Å². The molecule has 0 saturated carbocycles. The summed E-state index contributed by atoms with van der Waals surface area (Å²) in [6, 6.07) is 16.4. The van der Waals surface area contributed by atoms with E-state index >= 15 is 0 Å². The molecule has 0 bridgehead atoms. The van der Waals surface area contributed by atoms with E-state index in [1.54, 1.807) is 22.7 Å². The lowest BCUT2D eigenvalue weighted by Crippen LogP contribution is -2.36. The van der Waals surface area contributed by atoms with Gasteiger partial charge in [-0.25, -0.2) is 9.07 Å². The average Bonchev–Trinajstić information content (AvgIpc) is 3.07. The summed E-state index contributed by atoms with van der Waals surface area (Å²) >= 11 is 0. The van der Waals surface area contributed by atoms with Gasteiger partial charge in [-0.15, -0.1) is 0 Å². The number of hydrogen-bond acceptors (Lipinski definition) is 2. The molecule has 1 heterocycles. The van der Waals surface area contributed by atoms with Crippen LogP contribution in [0.4, 0.5) is 4.39 Å². The Labute approximate surface area is 145 Å². The van der Waals surface area contributed by atoms with E-state index in [9.17, 15) is 9.18 Å². The zero-order valence-electron chi connectivity index (χ0n) is 13.9. The Kier molecular flexibility index (Phi) is 3.84. The third-order valence-electron chi connectivity index (χ3n) is 4.65. The number of para-hydroxylation sites is 1. The summed E-state index contributed by atoms with van der Waals surface area (Å²) < 4.78 is 15.2. The van der Waals surface area contributed by atoms with Crippen LogP contribution in [-0.2, 0) is 17.8 Å². The zero-order valence-corrected chi connectivity index (χ0v) is 13.9. The fourth-order valence-corrected chi connectivity index (χ4v) is 3.25. The van der Waals surface area contributed by atoms with Gasteiger partial charge < -0.3 is 4.90 Å². The molecule has 1 aliphatic rings. The smallest absolute Gasteiger partial charge is 0.230 e. The van der Waals surface area contributed by atoms with Crippen LogP contribution in [-0.4, -0.2) is 27.6 Å². The summed E-state index contributed by atoms with van der Waals surface area (Å²) in [6.45, 7) is 0.430. The normalized spacial score (nSPS) is 15.4. The maximum absolute atomic E-state index is 13.4. The first-order valence-corrected chi connectivity index (χ1v) is 8.25. The van der Waals surface area contributed by atoms with Crippen molar-refractivity contribution >= 4 is 5.91 Å². The SMILES string of the molecule is CN(Cc1ccn(-c2ccccc2)n1)C(=O)C1Cc2ccc(F)cc21. The number of carbonyl (C=O) groups excluding carboxylic acids is 1. The number of amides is 1. The standard InChI is InChI=1S/C20H18FN3O/c1-23(20(25)19-11-14-7-8-15(21)12-18(14)19)13-16-9-10-24(22-16)17-5-3-2-4-6-17/h2-10,12,19H,11,13H2,1H3. The molecule has 0 saturated heterocycles. The lowest BCUT2D eigenvalue weighted by atomic mass is 9.77. The topological polar surface area (TPSA) is 38.1 Å². The van der Waals surface area contributed by atoms with E-state index in [0.717, 1.165) is 22.5 Å². The molecule has 2 aromatic carbocycles. The number of halogens is 1. The molecule has 1 aromatic heterocycles. The molecular weight excluding hydrogens is 317 g/mol. The predicted molar refractivity (Wildman–Crippen MR) is 92.9 cm³/mol. The predicted octanol–water partition coefficient (Wildman–Crippen LogP) is 3.31. The van der Waals surface area contributed by atoms with Gasteiger partial charge in [0, 0.05) is 13.2 Å².